The molecule has 0 fully saturated rings. The summed E-state index contributed by atoms with van der Waals surface area (Å²) in [6.45, 7) is 19.6. The van der Waals surface area contributed by atoms with Crippen molar-refractivity contribution < 1.29 is 9.47 Å². The maximum absolute atomic E-state index is 6.32. The molecule has 2 heterocycles. The second kappa shape index (κ2) is 12.5. The smallest absolute Gasteiger partial charge is 0.127 e. The van der Waals surface area contributed by atoms with Crippen LogP contribution in [0.3, 0.4) is 0 Å². The lowest BCUT2D eigenvalue weighted by Gasteiger charge is -2.31. The van der Waals surface area contributed by atoms with E-state index in [4.69, 9.17) is 9.47 Å². The number of ether oxygens (including phenoxy) is 2. The molecule has 5 aromatic carbocycles. The van der Waals surface area contributed by atoms with Crippen LogP contribution in [0.25, 0.3) is 0 Å². The molecule has 1 unspecified atom stereocenters. The molecule has 0 radical (unpaired) electrons. The summed E-state index contributed by atoms with van der Waals surface area (Å²) in [5.41, 5.74) is 10.9. The lowest BCUT2D eigenvalue weighted by molar-refractivity contribution is 0.136. The minimum atomic E-state index is 0.158. The van der Waals surface area contributed by atoms with Gasteiger partial charge in [-0.1, -0.05) is 76.2 Å². The van der Waals surface area contributed by atoms with Crippen molar-refractivity contribution in [2.75, 3.05) is 4.90 Å². The fraction of sp³-hybridized carbons (Fsp3) is 0.318. The van der Waals surface area contributed by atoms with E-state index >= 15 is 0 Å². The molecule has 0 aromatic heterocycles. The van der Waals surface area contributed by atoms with E-state index in [1.165, 1.54) is 44.6 Å². The largest absolute Gasteiger partial charge is 0.457 e. The Morgan fingerprint density at radius 1 is 0.500 bits per heavy atom. The number of rotatable bonds is 7. The van der Waals surface area contributed by atoms with Gasteiger partial charge in [0.15, 0.2) is 0 Å². The van der Waals surface area contributed by atoms with Crippen LogP contribution in [0.15, 0.2) is 109 Å². The zero-order valence-electron chi connectivity index (χ0n) is 29.5. The van der Waals surface area contributed by atoms with Crippen LogP contribution in [0.5, 0.6) is 23.0 Å². The number of nitrogens with zero attached hydrogens (tertiary/aromatic N) is 2. The Morgan fingerprint density at radius 2 is 0.938 bits per heavy atom. The third kappa shape index (κ3) is 6.86. The first-order valence-electron chi connectivity index (χ1n) is 17.3. The minimum absolute atomic E-state index is 0.158. The van der Waals surface area contributed by atoms with Crippen LogP contribution in [-0.4, -0.2) is 10.4 Å². The summed E-state index contributed by atoms with van der Waals surface area (Å²) in [5, 5.41) is 0. The van der Waals surface area contributed by atoms with Gasteiger partial charge in [0.1, 0.15) is 23.0 Å². The summed E-state index contributed by atoms with van der Waals surface area (Å²) in [7, 11) is 0. The van der Waals surface area contributed by atoms with Crippen LogP contribution in [0, 0.1) is 0 Å². The number of hydrogen-bond donors (Lipinski definition) is 0. The quantitative estimate of drug-likeness (QED) is 0.177. The third-order valence-electron chi connectivity index (χ3n) is 10.1. The maximum Gasteiger partial charge on any atom is 0.127 e. The Balaban J connectivity index is 0.951. The first kappa shape index (κ1) is 32.0. The molecule has 5 aromatic rings. The van der Waals surface area contributed by atoms with E-state index in [1.54, 1.807) is 0 Å². The summed E-state index contributed by atoms with van der Waals surface area (Å²) in [6, 6.07) is 39.0. The Bertz CT molecular complexity index is 1900. The first-order valence-corrected chi connectivity index (χ1v) is 17.3. The molecule has 0 N–H and O–H groups in total. The van der Waals surface area contributed by atoms with Crippen LogP contribution < -0.4 is 14.4 Å². The molecule has 2 aliphatic rings. The average Bonchev–Trinajstić information content (AvgIpc) is 3.69. The second-order valence-electron chi connectivity index (χ2n) is 15.6. The molecule has 0 aliphatic carbocycles. The van der Waals surface area contributed by atoms with Gasteiger partial charge < -0.3 is 14.4 Å². The van der Waals surface area contributed by atoms with Crippen molar-refractivity contribution in [3.63, 3.8) is 0 Å². The molecule has 0 saturated heterocycles. The maximum atomic E-state index is 6.32. The summed E-state index contributed by atoms with van der Waals surface area (Å²) in [6.07, 6.45) is 0. The highest BCUT2D eigenvalue weighted by Gasteiger charge is 2.28. The summed E-state index contributed by atoms with van der Waals surface area (Å²) < 4.78 is 12.6. The van der Waals surface area contributed by atoms with Gasteiger partial charge in [-0.25, -0.2) is 0 Å². The number of fused-ring (bicyclic) bond motifs is 2. The van der Waals surface area contributed by atoms with Crippen LogP contribution in [-0.2, 0) is 31.6 Å². The Labute approximate surface area is 287 Å². The predicted octanol–water partition coefficient (Wildman–Crippen LogP) is 11.4. The van der Waals surface area contributed by atoms with Gasteiger partial charge >= 0.3 is 0 Å². The normalized spacial score (nSPS) is 15.3. The van der Waals surface area contributed by atoms with Gasteiger partial charge in [0.2, 0.25) is 0 Å². The first-order chi connectivity index (χ1) is 22.9. The highest BCUT2D eigenvalue weighted by atomic mass is 16.5. The van der Waals surface area contributed by atoms with Crippen molar-refractivity contribution in [1.82, 2.24) is 4.90 Å². The van der Waals surface area contributed by atoms with Crippen LogP contribution in [0.1, 0.15) is 93.3 Å². The van der Waals surface area contributed by atoms with Gasteiger partial charge in [0.05, 0.1) is 0 Å². The number of benzene rings is 5. The number of anilines is 1. The zero-order chi connectivity index (χ0) is 33.6. The van der Waals surface area contributed by atoms with Crippen molar-refractivity contribution >= 4 is 5.69 Å². The van der Waals surface area contributed by atoms with Gasteiger partial charge in [-0.2, -0.15) is 0 Å². The molecule has 4 nitrogen and oxygen atoms in total. The van der Waals surface area contributed by atoms with Crippen molar-refractivity contribution in [3.05, 3.63) is 148 Å². The Hall–Kier alpha value is -4.54. The fourth-order valence-electron chi connectivity index (χ4n) is 6.81. The van der Waals surface area contributed by atoms with Gasteiger partial charge in [-0.3, -0.25) is 4.90 Å². The second-order valence-corrected chi connectivity index (χ2v) is 15.6. The van der Waals surface area contributed by atoms with E-state index < -0.39 is 0 Å². The monoisotopic (exact) mass is 636 g/mol. The van der Waals surface area contributed by atoms with E-state index in [-0.39, 0.29) is 16.9 Å². The molecule has 0 bridgehead atoms. The Kier molecular flexibility index (Phi) is 8.33. The SMILES string of the molecule is CC(c1ccc(Oc2ccc3c(c2)CN(c2ccc(C(C)(C)C)cc2)C3)cc1)c1ccc(Oc2ccc3c(c2)CN(C(C)(C)C)C3)cc1. The molecular weight excluding hydrogens is 588 g/mol. The van der Waals surface area contributed by atoms with Crippen molar-refractivity contribution in [2.24, 2.45) is 0 Å². The van der Waals surface area contributed by atoms with Crippen molar-refractivity contribution in [2.45, 2.75) is 91.5 Å². The molecule has 2 aliphatic heterocycles. The predicted molar refractivity (Wildman–Crippen MR) is 197 cm³/mol. The zero-order valence-corrected chi connectivity index (χ0v) is 29.5. The molecule has 246 valence electrons. The third-order valence-corrected chi connectivity index (χ3v) is 10.1. The fourth-order valence-corrected chi connectivity index (χ4v) is 6.81. The van der Waals surface area contributed by atoms with Gasteiger partial charge in [-0.05, 0) is 126 Å². The van der Waals surface area contributed by atoms with E-state index in [0.717, 1.165) is 49.2 Å². The number of hydrogen-bond acceptors (Lipinski definition) is 4. The highest BCUT2D eigenvalue weighted by molar-refractivity contribution is 5.54. The minimum Gasteiger partial charge on any atom is -0.457 e. The topological polar surface area (TPSA) is 24.9 Å². The molecule has 0 spiro atoms. The highest BCUT2D eigenvalue weighted by Crippen LogP contribution is 2.36. The standard InChI is InChI=1S/C44H48N2O2/c1-30(32-10-20-40(21-11-32)48-42-23-13-34-28-46(44(5,6)7)29-36(34)25-42)31-8-18-39(19-9-31)47-41-22-12-33-26-45(27-35(33)24-41)38-16-14-37(15-17-38)43(2,3)4/h8-25,30H,26-29H2,1-7H3. The molecular formula is C44H48N2O2. The van der Waals surface area contributed by atoms with Crippen LogP contribution >= 0.6 is 0 Å². The summed E-state index contributed by atoms with van der Waals surface area (Å²) >= 11 is 0. The summed E-state index contributed by atoms with van der Waals surface area (Å²) in [5.74, 6) is 3.73. The van der Waals surface area contributed by atoms with E-state index in [0.29, 0.717) is 0 Å². The molecule has 48 heavy (non-hydrogen) atoms. The van der Waals surface area contributed by atoms with Crippen molar-refractivity contribution in [3.8, 4) is 23.0 Å². The van der Waals surface area contributed by atoms with E-state index in [2.05, 4.69) is 167 Å². The molecule has 0 amide bonds. The lowest BCUT2D eigenvalue weighted by Crippen LogP contribution is -2.36. The van der Waals surface area contributed by atoms with Crippen LogP contribution in [0.2, 0.25) is 0 Å². The lowest BCUT2D eigenvalue weighted by atomic mass is 9.87. The van der Waals surface area contributed by atoms with Gasteiger partial charge in [0.25, 0.3) is 0 Å². The Morgan fingerprint density at radius 3 is 1.44 bits per heavy atom. The van der Waals surface area contributed by atoms with E-state index in [9.17, 15) is 0 Å². The van der Waals surface area contributed by atoms with Gasteiger partial charge in [0, 0.05) is 43.3 Å². The average molecular weight is 637 g/mol. The molecule has 0 saturated carbocycles. The molecule has 7 rings (SSSR count). The molecule has 1 atom stereocenters. The van der Waals surface area contributed by atoms with Crippen molar-refractivity contribution in [1.29, 1.82) is 0 Å². The summed E-state index contributed by atoms with van der Waals surface area (Å²) in [4.78, 5) is 4.94. The van der Waals surface area contributed by atoms with Gasteiger partial charge in [-0.15, -0.1) is 0 Å². The van der Waals surface area contributed by atoms with E-state index in [1.807, 2.05) is 0 Å². The van der Waals surface area contributed by atoms with Crippen LogP contribution in [0.4, 0.5) is 5.69 Å². The molecule has 4 heteroatoms.